The minimum absolute atomic E-state index is 0. The van der Waals surface area contributed by atoms with E-state index in [2.05, 4.69) is 9.71 Å². The molecule has 10 nitrogen and oxygen atoms in total. The normalized spacial score (nSPS) is 13.3. The van der Waals surface area contributed by atoms with E-state index in [0.29, 0.717) is 10.8 Å². The van der Waals surface area contributed by atoms with Crippen LogP contribution < -0.4 is 38.8 Å². The summed E-state index contributed by atoms with van der Waals surface area (Å²) in [4.78, 5) is 23.8. The van der Waals surface area contributed by atoms with Crippen molar-refractivity contribution in [2.24, 2.45) is 0 Å². The molecule has 1 atom stereocenters. The van der Waals surface area contributed by atoms with Crippen LogP contribution in [0.25, 0.3) is 10.8 Å². The zero-order chi connectivity index (χ0) is 20.4. The number of hydrogen-bond donors (Lipinski definition) is 2. The maximum atomic E-state index is 12.6. The Bertz CT molecular complexity index is 1190. The summed E-state index contributed by atoms with van der Waals surface area (Å²) in [6, 6.07) is 10.6. The number of nitrogens with zero attached hydrogens (tertiary/aromatic N) is 2. The Morgan fingerprint density at radius 1 is 1.21 bits per heavy atom. The molecule has 148 valence electrons. The van der Waals surface area contributed by atoms with Crippen LogP contribution in [0.4, 0.5) is 5.69 Å². The molecule has 0 bridgehead atoms. The average Bonchev–Trinajstić information content (AvgIpc) is 2.66. The zero-order valence-electron chi connectivity index (χ0n) is 16.1. The fourth-order valence-electron chi connectivity index (χ4n) is 2.40. The van der Waals surface area contributed by atoms with Crippen LogP contribution in [0.1, 0.15) is 1.43 Å². The van der Waals surface area contributed by atoms with Gasteiger partial charge in [-0.3, -0.25) is 15.1 Å². The maximum Gasteiger partial charge on any atom is 1.00 e. The third-order valence-corrected chi connectivity index (χ3v) is 6.41. The first kappa shape index (κ1) is 23.4. The van der Waals surface area contributed by atoms with Gasteiger partial charge in [-0.15, -0.1) is 0 Å². The van der Waals surface area contributed by atoms with Crippen LogP contribution in [0.3, 0.4) is 0 Å². The van der Waals surface area contributed by atoms with Crippen molar-refractivity contribution in [3.63, 3.8) is 0 Å². The van der Waals surface area contributed by atoms with Gasteiger partial charge in [0.15, 0.2) is 0 Å². The van der Waals surface area contributed by atoms with Gasteiger partial charge < -0.3 is 10.8 Å². The predicted octanol–water partition coefficient (Wildman–Crippen LogP) is -0.240. The minimum atomic E-state index is -4.40. The van der Waals surface area contributed by atoms with E-state index in [9.17, 15) is 28.0 Å². The molecule has 0 aliphatic rings. The van der Waals surface area contributed by atoms with Gasteiger partial charge in [0.05, 0.1) is 9.82 Å². The Hall–Kier alpha value is -1.85. The number of non-ortho nitro benzene ring substituents is 1. The molecule has 0 saturated carbocycles. The first-order chi connectivity index (χ1) is 13.2. The van der Waals surface area contributed by atoms with Crippen molar-refractivity contribution < 1.29 is 58.3 Å². The fraction of sp³-hybridized carbons (Fsp3) is 0.0625. The van der Waals surface area contributed by atoms with Crippen molar-refractivity contribution in [2.75, 3.05) is 6.29 Å². The number of nitro benzene ring substituents is 1. The van der Waals surface area contributed by atoms with Crippen LogP contribution in [-0.2, 0) is 14.6 Å². The van der Waals surface area contributed by atoms with E-state index in [1.807, 2.05) is 0 Å². The van der Waals surface area contributed by atoms with Crippen LogP contribution in [0.15, 0.2) is 65.8 Å². The largest absolute Gasteiger partial charge is 1.00 e. The first-order valence-electron chi connectivity index (χ1n) is 7.76. The molecule has 0 spiro atoms. The number of nitro groups is 1. The van der Waals surface area contributed by atoms with E-state index < -0.39 is 28.8 Å². The van der Waals surface area contributed by atoms with Gasteiger partial charge in [0, 0.05) is 35.3 Å². The molecular weight excluding hydrogens is 432 g/mol. The second kappa shape index (κ2) is 9.31. The molecule has 0 radical (unpaired) electrons. The quantitative estimate of drug-likeness (QED) is 0.218. The molecule has 2 N–H and O–H groups in total. The summed E-state index contributed by atoms with van der Waals surface area (Å²) in [7, 11) is -8.51. The summed E-state index contributed by atoms with van der Waals surface area (Å²) in [6.45, 7) is 0. The monoisotopic (exact) mass is 447 g/mol. The third kappa shape index (κ3) is 5.83. The van der Waals surface area contributed by atoms with E-state index in [1.165, 1.54) is 30.6 Å². The molecule has 2 aromatic carbocycles. The minimum Gasteiger partial charge on any atom is -1.00 e. The van der Waals surface area contributed by atoms with Gasteiger partial charge in [-0.25, -0.2) is 13.0 Å². The van der Waals surface area contributed by atoms with Gasteiger partial charge in [0.1, 0.15) is 12.0 Å². The number of sulfonamides is 1. The molecule has 13 heteroatoms. The van der Waals surface area contributed by atoms with Crippen LogP contribution in [0.2, 0.25) is 0 Å². The van der Waals surface area contributed by atoms with E-state index in [1.54, 1.807) is 6.07 Å². The standard InChI is InChI=1S/C16H14N3O7PS.Na.H/c20-19(21)13-4-6-14(7-5-13)26-27(22,23)11-18-28(24,25)16-3-1-2-12-10-17-9-8-15(12)16;;/h1-10,18H,11H2,(H,22,23);;/q;+1;-1. The van der Waals surface area contributed by atoms with Crippen molar-refractivity contribution in [3.8, 4) is 5.75 Å². The molecule has 1 aromatic heterocycles. The van der Waals surface area contributed by atoms with Gasteiger partial charge in [-0.05, 0) is 24.3 Å². The molecule has 3 aromatic rings. The average molecular weight is 447 g/mol. The Morgan fingerprint density at radius 3 is 2.55 bits per heavy atom. The zero-order valence-corrected chi connectivity index (χ0v) is 18.8. The van der Waals surface area contributed by atoms with Crippen molar-refractivity contribution >= 4 is 34.1 Å². The van der Waals surface area contributed by atoms with Crippen molar-refractivity contribution in [1.82, 2.24) is 9.71 Å². The second-order valence-electron chi connectivity index (χ2n) is 5.64. The van der Waals surface area contributed by atoms with Gasteiger partial charge in [-0.2, -0.15) is 4.72 Å². The number of nitrogens with one attached hydrogen (secondary N) is 1. The Kier molecular flexibility index (Phi) is 7.52. The molecular formula is C16H15N3NaO7PS. The molecule has 0 saturated heterocycles. The smallest absolute Gasteiger partial charge is 1.00 e. The Morgan fingerprint density at radius 2 is 1.90 bits per heavy atom. The Labute approximate surface area is 189 Å². The molecule has 1 unspecified atom stereocenters. The summed E-state index contributed by atoms with van der Waals surface area (Å²) in [6.07, 6.45) is 2.06. The third-order valence-electron chi connectivity index (χ3n) is 3.68. The summed E-state index contributed by atoms with van der Waals surface area (Å²) in [5.74, 6) is -0.105. The van der Waals surface area contributed by atoms with Crippen LogP contribution >= 0.6 is 7.60 Å². The summed E-state index contributed by atoms with van der Waals surface area (Å²) in [5.41, 5.74) is -0.216. The Balaban J connectivity index is 0.00000225. The van der Waals surface area contributed by atoms with Crippen molar-refractivity contribution in [2.45, 2.75) is 4.90 Å². The summed E-state index contributed by atoms with van der Waals surface area (Å²) < 4.78 is 44.3. The summed E-state index contributed by atoms with van der Waals surface area (Å²) >= 11 is 0. The number of hydrogen-bond acceptors (Lipinski definition) is 7. The molecule has 0 aliphatic carbocycles. The van der Waals surface area contributed by atoms with E-state index >= 15 is 0 Å². The molecule has 0 fully saturated rings. The van der Waals surface area contributed by atoms with Crippen molar-refractivity contribution in [1.29, 1.82) is 0 Å². The molecule has 0 aliphatic heterocycles. The van der Waals surface area contributed by atoms with Gasteiger partial charge >= 0.3 is 37.2 Å². The van der Waals surface area contributed by atoms with Crippen LogP contribution in [-0.4, -0.2) is 29.5 Å². The van der Waals surface area contributed by atoms with Crippen LogP contribution in [0.5, 0.6) is 5.75 Å². The number of rotatable bonds is 7. The van der Waals surface area contributed by atoms with Crippen molar-refractivity contribution in [3.05, 3.63) is 71.0 Å². The van der Waals surface area contributed by atoms with Crippen LogP contribution in [0, 0.1) is 10.1 Å². The fourth-order valence-corrected chi connectivity index (χ4v) is 5.13. The number of aromatic nitrogens is 1. The van der Waals surface area contributed by atoms with E-state index in [4.69, 9.17) is 4.52 Å². The number of fused-ring (bicyclic) bond motifs is 1. The predicted molar refractivity (Wildman–Crippen MR) is 102 cm³/mol. The second-order valence-corrected chi connectivity index (χ2v) is 9.15. The molecule has 1 heterocycles. The maximum absolute atomic E-state index is 12.6. The molecule has 0 amide bonds. The summed E-state index contributed by atoms with van der Waals surface area (Å²) in [5, 5.41) is 11.6. The first-order valence-corrected chi connectivity index (χ1v) is 11.0. The van der Waals surface area contributed by atoms with E-state index in [0.717, 1.165) is 24.3 Å². The number of pyridine rings is 1. The van der Waals surface area contributed by atoms with Gasteiger partial charge in [0.2, 0.25) is 10.0 Å². The number of benzene rings is 2. The van der Waals surface area contributed by atoms with Gasteiger partial charge in [0.25, 0.3) is 5.69 Å². The molecule has 3 rings (SSSR count). The van der Waals surface area contributed by atoms with Gasteiger partial charge in [-0.1, -0.05) is 12.1 Å². The van der Waals surface area contributed by atoms with E-state index in [-0.39, 0.29) is 47.3 Å². The molecule has 29 heavy (non-hydrogen) atoms. The SMILES string of the molecule is O=[N+]([O-])c1ccc(OP(=O)(O)CNS(=O)(=O)c2cccc3cnccc23)cc1.[H-].[Na+]. The topological polar surface area (TPSA) is 149 Å².